The highest BCUT2D eigenvalue weighted by Gasteiger charge is 2.36. The van der Waals surface area contributed by atoms with Crippen LogP contribution in [-0.2, 0) is 0 Å². The molecule has 2 aromatic heterocycles. The summed E-state index contributed by atoms with van der Waals surface area (Å²) in [6.45, 7) is 0. The maximum absolute atomic E-state index is 2.50. The van der Waals surface area contributed by atoms with Crippen molar-refractivity contribution in [2.75, 3.05) is 9.80 Å². The summed E-state index contributed by atoms with van der Waals surface area (Å²) in [6, 6.07) is 67.0. The second kappa shape index (κ2) is 12.9. The normalized spacial score (nSPS) is 15.1. The van der Waals surface area contributed by atoms with Gasteiger partial charge in [-0.2, -0.15) is 0 Å². The third-order valence-corrected chi connectivity index (χ3v) is 15.6. The minimum atomic E-state index is 1.17. The summed E-state index contributed by atoms with van der Waals surface area (Å²) in [5.41, 5.74) is 9.75. The number of hydrogen-bond acceptors (Lipinski definition) is 6. The van der Waals surface area contributed by atoms with Crippen molar-refractivity contribution < 1.29 is 0 Å². The van der Waals surface area contributed by atoms with E-state index in [4.69, 9.17) is 0 Å². The molecule has 0 N–H and O–H groups in total. The Hall–Kier alpha value is -5.76. The molecule has 0 unspecified atom stereocenters. The van der Waals surface area contributed by atoms with E-state index in [0.717, 1.165) is 0 Å². The summed E-state index contributed by atoms with van der Waals surface area (Å²) in [5.74, 6) is 0. The Morgan fingerprint density at radius 3 is 1.12 bits per heavy atom. The van der Waals surface area contributed by atoms with Crippen molar-refractivity contribution in [2.45, 2.75) is 9.79 Å². The van der Waals surface area contributed by atoms with Gasteiger partial charge in [0.25, 0.3) is 0 Å². The molecule has 0 spiro atoms. The van der Waals surface area contributed by atoms with Gasteiger partial charge in [0, 0.05) is 61.5 Å². The zero-order chi connectivity index (χ0) is 36.7. The molecule has 0 radical (unpaired) electrons. The number of anilines is 4. The first-order valence-electron chi connectivity index (χ1n) is 18.7. The number of thiophene rings is 2. The molecular formula is C50H30N2S4. The summed E-state index contributed by atoms with van der Waals surface area (Å²) in [7, 11) is 0. The number of nitrogens with zero attached hydrogens (tertiary/aromatic N) is 2. The predicted molar refractivity (Wildman–Crippen MR) is 245 cm³/mol. The fraction of sp³-hybridized carbons (Fsp3) is 0. The van der Waals surface area contributed by atoms with Crippen molar-refractivity contribution in [3.63, 3.8) is 0 Å². The van der Waals surface area contributed by atoms with Crippen LogP contribution in [0.3, 0.4) is 0 Å². The largest absolute Gasteiger partial charge is 0.301 e. The number of fused-ring (bicyclic) bond motifs is 8. The van der Waals surface area contributed by atoms with E-state index in [-0.39, 0.29) is 0 Å². The molecule has 0 atom stereocenters. The van der Waals surface area contributed by atoms with E-state index >= 15 is 0 Å². The molecule has 8 aromatic carbocycles. The monoisotopic (exact) mass is 786 g/mol. The highest BCUT2D eigenvalue weighted by atomic mass is 32.2. The number of benzene rings is 8. The van der Waals surface area contributed by atoms with Crippen molar-refractivity contribution in [1.82, 2.24) is 0 Å². The second-order valence-electron chi connectivity index (χ2n) is 14.1. The van der Waals surface area contributed by atoms with Gasteiger partial charge in [0.2, 0.25) is 0 Å². The Labute approximate surface area is 341 Å². The summed E-state index contributed by atoms with van der Waals surface area (Å²) in [6.07, 6.45) is 0. The van der Waals surface area contributed by atoms with Crippen LogP contribution < -0.4 is 9.80 Å². The van der Waals surface area contributed by atoms with Gasteiger partial charge in [-0.1, -0.05) is 121 Å². The Bertz CT molecular complexity index is 3000. The van der Waals surface area contributed by atoms with Gasteiger partial charge < -0.3 is 9.80 Å². The van der Waals surface area contributed by atoms with E-state index in [2.05, 4.69) is 192 Å². The van der Waals surface area contributed by atoms with E-state index in [1.54, 1.807) is 0 Å². The average Bonchev–Trinajstić information content (AvgIpc) is 4.03. The average molecular weight is 787 g/mol. The van der Waals surface area contributed by atoms with Gasteiger partial charge in [0.15, 0.2) is 0 Å². The topological polar surface area (TPSA) is 6.48 Å². The molecule has 12 rings (SSSR count). The van der Waals surface area contributed by atoms with Crippen LogP contribution in [0.4, 0.5) is 22.7 Å². The summed E-state index contributed by atoms with van der Waals surface area (Å²) in [4.78, 5) is 7.52. The van der Waals surface area contributed by atoms with Gasteiger partial charge in [-0.15, -0.1) is 22.7 Å². The smallest absolute Gasteiger partial charge is 0.116 e. The first-order chi connectivity index (χ1) is 27.7. The van der Waals surface area contributed by atoms with Crippen LogP contribution in [0.1, 0.15) is 0 Å². The van der Waals surface area contributed by atoms with Crippen molar-refractivity contribution in [3.05, 3.63) is 192 Å². The molecule has 0 aliphatic carbocycles. The molecule has 264 valence electrons. The molecule has 2 nitrogen and oxygen atoms in total. The predicted octanol–water partition coefficient (Wildman–Crippen LogP) is 16.1. The van der Waals surface area contributed by atoms with Gasteiger partial charge in [-0.3, -0.25) is 0 Å². The Balaban J connectivity index is 1.04. The Kier molecular flexibility index (Phi) is 7.48. The molecule has 0 amide bonds. The van der Waals surface area contributed by atoms with Gasteiger partial charge >= 0.3 is 0 Å². The quantitative estimate of drug-likeness (QED) is 0.175. The van der Waals surface area contributed by atoms with E-state index in [1.807, 2.05) is 46.2 Å². The third-order valence-electron chi connectivity index (χ3n) is 10.9. The lowest BCUT2D eigenvalue weighted by molar-refractivity contribution is 1.19. The van der Waals surface area contributed by atoms with Crippen LogP contribution >= 0.6 is 46.2 Å². The fourth-order valence-electron chi connectivity index (χ4n) is 8.20. The molecular weight excluding hydrogens is 757 g/mol. The zero-order valence-electron chi connectivity index (χ0n) is 29.8. The number of para-hydroxylation sites is 2. The lowest BCUT2D eigenvalue weighted by atomic mass is 10.0. The molecule has 10 aromatic rings. The standard InChI is InChI=1S/C50H30N2S4/c1-3-11-31(12-4-1)33-19-23-43-37(27-33)39-29-35(21-25-45(39)53-43)51-41-15-7-9-17-47(41)55-49(51)50-52(42-16-8-10-18-48(42)56-50)36-22-26-46-40(30-36)38-28-34(20-24-44(38)54-46)32-13-5-2-6-14-32/h1-30H/b50-49+. The Morgan fingerprint density at radius 1 is 0.304 bits per heavy atom. The van der Waals surface area contributed by atoms with E-state index in [1.165, 1.54) is 105 Å². The second-order valence-corrected chi connectivity index (χ2v) is 18.4. The maximum Gasteiger partial charge on any atom is 0.116 e. The zero-order valence-corrected chi connectivity index (χ0v) is 33.1. The first-order valence-corrected chi connectivity index (χ1v) is 21.9. The van der Waals surface area contributed by atoms with Gasteiger partial charge in [-0.25, -0.2) is 0 Å². The minimum Gasteiger partial charge on any atom is -0.301 e. The number of rotatable bonds is 4. The lowest BCUT2D eigenvalue weighted by Crippen LogP contribution is -2.18. The maximum atomic E-state index is 2.50. The van der Waals surface area contributed by atoms with Crippen LogP contribution in [0.25, 0.3) is 62.6 Å². The SMILES string of the molecule is c1ccc(-c2ccc3sc4ccc(N5/C(=C6\Sc7ccccc7N6c6ccc7sc8ccc(-c9ccccc9)cc8c7c6)Sc6ccccc65)cc4c3c2)cc1. The third kappa shape index (κ3) is 5.17. The Morgan fingerprint density at radius 2 is 0.679 bits per heavy atom. The number of hydrogen-bond donors (Lipinski definition) is 0. The summed E-state index contributed by atoms with van der Waals surface area (Å²) >= 11 is 7.49. The molecule has 6 heteroatoms. The van der Waals surface area contributed by atoms with Crippen LogP contribution in [0.2, 0.25) is 0 Å². The van der Waals surface area contributed by atoms with Crippen LogP contribution in [0, 0.1) is 0 Å². The van der Waals surface area contributed by atoms with E-state index < -0.39 is 0 Å². The highest BCUT2D eigenvalue weighted by molar-refractivity contribution is 8.07. The number of thioether (sulfide) groups is 2. The van der Waals surface area contributed by atoms with Crippen molar-refractivity contribution >= 4 is 109 Å². The van der Waals surface area contributed by atoms with Crippen molar-refractivity contribution in [3.8, 4) is 22.3 Å². The highest BCUT2D eigenvalue weighted by Crippen LogP contribution is 2.59. The summed E-state index contributed by atoms with van der Waals surface area (Å²) in [5, 5.41) is 7.64. The molecule has 0 bridgehead atoms. The fourth-order valence-corrected chi connectivity index (χ4v) is 12.8. The van der Waals surface area contributed by atoms with Crippen molar-refractivity contribution in [2.24, 2.45) is 0 Å². The summed E-state index contributed by atoms with van der Waals surface area (Å²) < 4.78 is 5.23. The van der Waals surface area contributed by atoms with Gasteiger partial charge in [-0.05, 0) is 107 Å². The molecule has 56 heavy (non-hydrogen) atoms. The molecule has 4 heterocycles. The van der Waals surface area contributed by atoms with Gasteiger partial charge in [0.05, 0.1) is 11.4 Å². The van der Waals surface area contributed by atoms with E-state index in [0.29, 0.717) is 0 Å². The molecule has 2 aliphatic heterocycles. The molecule has 2 aliphatic rings. The van der Waals surface area contributed by atoms with Crippen LogP contribution in [-0.4, -0.2) is 0 Å². The minimum absolute atomic E-state index is 1.17. The van der Waals surface area contributed by atoms with Crippen LogP contribution in [0.5, 0.6) is 0 Å². The van der Waals surface area contributed by atoms with Crippen molar-refractivity contribution in [1.29, 1.82) is 0 Å². The first kappa shape index (κ1) is 32.5. The lowest BCUT2D eigenvalue weighted by Gasteiger charge is -2.27. The molecule has 0 saturated carbocycles. The van der Waals surface area contributed by atoms with Gasteiger partial charge in [0.1, 0.15) is 10.1 Å². The van der Waals surface area contributed by atoms with Crippen LogP contribution in [0.15, 0.2) is 202 Å². The van der Waals surface area contributed by atoms with E-state index in [9.17, 15) is 0 Å². The molecule has 0 fully saturated rings. The molecule has 0 saturated heterocycles.